The van der Waals surface area contributed by atoms with Crippen molar-refractivity contribution in [3.63, 3.8) is 0 Å². The van der Waals surface area contributed by atoms with E-state index in [-0.39, 0.29) is 17.2 Å². The number of rotatable bonds is 5. The number of hydrogen-bond donors (Lipinski definition) is 3. The molecule has 0 bridgehead atoms. The van der Waals surface area contributed by atoms with Gasteiger partial charge in [0.15, 0.2) is 5.82 Å². The Kier molecular flexibility index (Phi) is 5.32. The minimum absolute atomic E-state index is 0.0511. The van der Waals surface area contributed by atoms with Crippen LogP contribution in [0.3, 0.4) is 0 Å². The van der Waals surface area contributed by atoms with Crippen LogP contribution in [-0.4, -0.2) is 31.9 Å². The van der Waals surface area contributed by atoms with Gasteiger partial charge in [-0.25, -0.2) is 14.4 Å². The molecule has 0 fully saturated rings. The highest BCUT2D eigenvalue weighted by Crippen LogP contribution is 2.34. The van der Waals surface area contributed by atoms with E-state index >= 15 is 0 Å². The number of aliphatic hydroxyl groups is 1. The van der Waals surface area contributed by atoms with Crippen LogP contribution in [0, 0.1) is 12.7 Å². The molecule has 0 amide bonds. The maximum Gasteiger partial charge on any atom is 0.416 e. The molecule has 160 valence electrons. The molecular formula is C21H17F4N5O. The summed E-state index contributed by atoms with van der Waals surface area (Å²) in [5.41, 5.74) is 0.500. The molecule has 4 aromatic rings. The van der Waals surface area contributed by atoms with Crippen molar-refractivity contribution in [3.05, 3.63) is 77.0 Å². The third kappa shape index (κ3) is 4.33. The average Bonchev–Trinajstić information content (AvgIpc) is 3.13. The smallest absolute Gasteiger partial charge is 0.395 e. The molecule has 0 saturated heterocycles. The van der Waals surface area contributed by atoms with Crippen LogP contribution in [-0.2, 0) is 6.18 Å². The van der Waals surface area contributed by atoms with Crippen molar-refractivity contribution < 1.29 is 22.7 Å². The predicted octanol–water partition coefficient (Wildman–Crippen LogP) is 4.69. The predicted molar refractivity (Wildman–Crippen MR) is 106 cm³/mol. The largest absolute Gasteiger partial charge is 0.416 e. The summed E-state index contributed by atoms with van der Waals surface area (Å²) in [7, 11) is 0. The SMILES string of the molecule is Cc1cc(Nc2nc(C(CO)c3ccc(F)cc3)nc3cc(C(F)(F)F)ccc23)n[nH]1. The van der Waals surface area contributed by atoms with E-state index in [0.29, 0.717) is 16.8 Å². The number of alkyl halides is 3. The van der Waals surface area contributed by atoms with Crippen LogP contribution in [0.2, 0.25) is 0 Å². The number of fused-ring (bicyclic) bond motifs is 1. The fourth-order valence-corrected chi connectivity index (χ4v) is 3.21. The molecule has 0 spiro atoms. The summed E-state index contributed by atoms with van der Waals surface area (Å²) in [6.07, 6.45) is -4.54. The van der Waals surface area contributed by atoms with Gasteiger partial charge >= 0.3 is 6.18 Å². The summed E-state index contributed by atoms with van der Waals surface area (Å²) < 4.78 is 53.0. The van der Waals surface area contributed by atoms with Crippen LogP contribution < -0.4 is 5.32 Å². The molecule has 10 heteroatoms. The van der Waals surface area contributed by atoms with Gasteiger partial charge in [0.1, 0.15) is 17.5 Å². The molecule has 4 rings (SSSR count). The lowest BCUT2D eigenvalue weighted by Crippen LogP contribution is -2.13. The van der Waals surface area contributed by atoms with Crippen molar-refractivity contribution in [1.29, 1.82) is 0 Å². The topological polar surface area (TPSA) is 86.7 Å². The van der Waals surface area contributed by atoms with E-state index < -0.39 is 30.1 Å². The van der Waals surface area contributed by atoms with Crippen molar-refractivity contribution in [2.75, 3.05) is 11.9 Å². The summed E-state index contributed by atoms with van der Waals surface area (Å²) >= 11 is 0. The molecule has 2 heterocycles. The highest BCUT2D eigenvalue weighted by atomic mass is 19.4. The number of H-pyrrole nitrogens is 1. The lowest BCUT2D eigenvalue weighted by Gasteiger charge is -2.17. The molecule has 31 heavy (non-hydrogen) atoms. The van der Waals surface area contributed by atoms with Crippen LogP contribution >= 0.6 is 0 Å². The number of benzene rings is 2. The summed E-state index contributed by atoms with van der Waals surface area (Å²) in [5.74, 6) is -0.464. The number of aromatic amines is 1. The Morgan fingerprint density at radius 2 is 1.81 bits per heavy atom. The summed E-state index contributed by atoms with van der Waals surface area (Å²) in [5, 5.41) is 20.1. The number of anilines is 2. The lowest BCUT2D eigenvalue weighted by molar-refractivity contribution is -0.137. The molecule has 2 aromatic carbocycles. The quantitative estimate of drug-likeness (QED) is 0.399. The second-order valence-corrected chi connectivity index (χ2v) is 7.01. The van der Waals surface area contributed by atoms with Gasteiger partial charge in [-0.15, -0.1) is 0 Å². The van der Waals surface area contributed by atoms with Crippen molar-refractivity contribution in [2.45, 2.75) is 19.0 Å². The fourth-order valence-electron chi connectivity index (χ4n) is 3.21. The molecule has 0 aliphatic heterocycles. The highest BCUT2D eigenvalue weighted by molar-refractivity contribution is 5.91. The first-order valence-electron chi connectivity index (χ1n) is 9.29. The Balaban J connectivity index is 1.88. The van der Waals surface area contributed by atoms with E-state index in [1.807, 2.05) is 0 Å². The fraction of sp³-hybridized carbons (Fsp3) is 0.190. The van der Waals surface area contributed by atoms with Crippen LogP contribution in [0.1, 0.15) is 28.6 Å². The second kappa shape index (κ2) is 7.95. The number of aromatic nitrogens is 4. The third-order valence-corrected chi connectivity index (χ3v) is 4.76. The van der Waals surface area contributed by atoms with Crippen molar-refractivity contribution in [1.82, 2.24) is 20.2 Å². The zero-order chi connectivity index (χ0) is 22.2. The molecule has 1 unspecified atom stereocenters. The van der Waals surface area contributed by atoms with Gasteiger partial charge in [-0.05, 0) is 42.8 Å². The van der Waals surface area contributed by atoms with Gasteiger partial charge in [0, 0.05) is 17.1 Å². The molecule has 0 saturated carbocycles. The van der Waals surface area contributed by atoms with Gasteiger partial charge in [-0.1, -0.05) is 12.1 Å². The van der Waals surface area contributed by atoms with E-state index in [9.17, 15) is 22.7 Å². The normalized spacial score (nSPS) is 12.8. The lowest BCUT2D eigenvalue weighted by atomic mass is 9.98. The zero-order valence-corrected chi connectivity index (χ0v) is 16.2. The van der Waals surface area contributed by atoms with Crippen LogP contribution in [0.15, 0.2) is 48.5 Å². The van der Waals surface area contributed by atoms with Gasteiger partial charge < -0.3 is 10.4 Å². The van der Waals surface area contributed by atoms with Crippen molar-refractivity contribution >= 4 is 22.5 Å². The summed E-state index contributed by atoms with van der Waals surface area (Å²) in [6, 6.07) is 10.3. The Morgan fingerprint density at radius 1 is 1.06 bits per heavy atom. The van der Waals surface area contributed by atoms with Crippen LogP contribution in [0.4, 0.5) is 29.2 Å². The number of aliphatic hydroxyl groups excluding tert-OH is 1. The number of halogens is 4. The average molecular weight is 431 g/mol. The molecule has 0 aliphatic carbocycles. The number of nitrogens with zero attached hydrogens (tertiary/aromatic N) is 3. The standard InChI is InChI=1S/C21H17F4N5O/c1-11-8-18(30-29-11)27-19-15-7-4-13(21(23,24)25)9-17(15)26-20(28-19)16(10-31)12-2-5-14(22)6-3-12/h2-9,16,31H,10H2,1H3,(H2,26,27,28,29,30). The van der Waals surface area contributed by atoms with E-state index in [4.69, 9.17) is 0 Å². The first-order valence-corrected chi connectivity index (χ1v) is 9.29. The zero-order valence-electron chi connectivity index (χ0n) is 16.2. The number of nitrogens with one attached hydrogen (secondary N) is 2. The summed E-state index contributed by atoms with van der Waals surface area (Å²) in [6.45, 7) is 1.38. The number of hydrogen-bond acceptors (Lipinski definition) is 5. The molecule has 2 aromatic heterocycles. The Labute approximate surface area is 174 Å². The second-order valence-electron chi connectivity index (χ2n) is 7.01. The summed E-state index contributed by atoms with van der Waals surface area (Å²) in [4.78, 5) is 8.75. The molecule has 3 N–H and O–H groups in total. The highest BCUT2D eigenvalue weighted by Gasteiger charge is 2.31. The van der Waals surface area contributed by atoms with E-state index in [0.717, 1.165) is 17.8 Å². The molecule has 0 aliphatic rings. The minimum Gasteiger partial charge on any atom is -0.395 e. The first-order chi connectivity index (χ1) is 14.7. The van der Waals surface area contributed by atoms with Gasteiger partial charge in [-0.2, -0.15) is 18.3 Å². The monoisotopic (exact) mass is 431 g/mol. The van der Waals surface area contributed by atoms with Crippen LogP contribution in [0.25, 0.3) is 10.9 Å². The minimum atomic E-state index is -4.54. The molecular weight excluding hydrogens is 414 g/mol. The van der Waals surface area contributed by atoms with Crippen molar-refractivity contribution in [3.8, 4) is 0 Å². The number of aryl methyl sites for hydroxylation is 1. The van der Waals surface area contributed by atoms with Gasteiger partial charge in [0.2, 0.25) is 0 Å². The molecule has 1 atom stereocenters. The Morgan fingerprint density at radius 3 is 2.42 bits per heavy atom. The van der Waals surface area contributed by atoms with Crippen molar-refractivity contribution in [2.24, 2.45) is 0 Å². The van der Waals surface area contributed by atoms with Gasteiger partial charge in [0.05, 0.1) is 23.6 Å². The van der Waals surface area contributed by atoms with E-state index in [1.54, 1.807) is 13.0 Å². The maximum absolute atomic E-state index is 13.3. The third-order valence-electron chi connectivity index (χ3n) is 4.76. The molecule has 6 nitrogen and oxygen atoms in total. The maximum atomic E-state index is 13.3. The van der Waals surface area contributed by atoms with Gasteiger partial charge in [0.25, 0.3) is 0 Å². The first kappa shape index (κ1) is 20.7. The molecule has 0 radical (unpaired) electrons. The van der Waals surface area contributed by atoms with E-state index in [2.05, 4.69) is 25.5 Å². The van der Waals surface area contributed by atoms with E-state index in [1.165, 1.54) is 30.3 Å². The Hall–Kier alpha value is -3.53. The van der Waals surface area contributed by atoms with Gasteiger partial charge in [-0.3, -0.25) is 5.10 Å². The Bertz CT molecular complexity index is 1220. The van der Waals surface area contributed by atoms with Crippen LogP contribution in [0.5, 0.6) is 0 Å².